The van der Waals surface area contributed by atoms with Gasteiger partial charge in [0.25, 0.3) is 0 Å². The molecule has 0 amide bonds. The van der Waals surface area contributed by atoms with Crippen LogP contribution in [0.2, 0.25) is 0 Å². The SMILES string of the molecule is FCc1ccc(N2CCNCC2)cc1. The number of anilines is 1. The first-order valence-corrected chi connectivity index (χ1v) is 5.01. The predicted octanol–water partition coefficient (Wildman–Crippen LogP) is 1.57. The highest BCUT2D eigenvalue weighted by molar-refractivity contribution is 5.47. The Kier molecular flexibility index (Phi) is 2.99. The van der Waals surface area contributed by atoms with Gasteiger partial charge in [-0.25, -0.2) is 4.39 Å². The fraction of sp³-hybridized carbons (Fsp3) is 0.455. The van der Waals surface area contributed by atoms with E-state index in [1.807, 2.05) is 24.3 Å². The van der Waals surface area contributed by atoms with E-state index in [0.29, 0.717) is 0 Å². The molecule has 1 aromatic carbocycles. The minimum absolute atomic E-state index is 0.373. The van der Waals surface area contributed by atoms with Gasteiger partial charge in [-0.1, -0.05) is 12.1 Å². The minimum Gasteiger partial charge on any atom is -0.369 e. The molecule has 0 atom stereocenters. The summed E-state index contributed by atoms with van der Waals surface area (Å²) in [6.07, 6.45) is 0. The predicted molar refractivity (Wildman–Crippen MR) is 56.3 cm³/mol. The highest BCUT2D eigenvalue weighted by Crippen LogP contribution is 2.15. The van der Waals surface area contributed by atoms with Crippen molar-refractivity contribution < 1.29 is 4.39 Å². The molecule has 76 valence electrons. The van der Waals surface area contributed by atoms with E-state index < -0.39 is 0 Å². The van der Waals surface area contributed by atoms with E-state index in [1.165, 1.54) is 5.69 Å². The van der Waals surface area contributed by atoms with E-state index in [4.69, 9.17) is 0 Å². The summed E-state index contributed by atoms with van der Waals surface area (Å²) in [5.41, 5.74) is 1.95. The molecule has 1 saturated heterocycles. The van der Waals surface area contributed by atoms with Gasteiger partial charge in [0.1, 0.15) is 6.67 Å². The van der Waals surface area contributed by atoms with Gasteiger partial charge in [0.15, 0.2) is 0 Å². The number of piperazine rings is 1. The smallest absolute Gasteiger partial charge is 0.115 e. The maximum Gasteiger partial charge on any atom is 0.115 e. The van der Waals surface area contributed by atoms with Gasteiger partial charge in [0.05, 0.1) is 0 Å². The lowest BCUT2D eigenvalue weighted by Gasteiger charge is -2.29. The Bertz CT molecular complexity index is 278. The molecule has 1 fully saturated rings. The Morgan fingerprint density at radius 1 is 1.14 bits per heavy atom. The standard InChI is InChI=1S/C11H15FN2/c12-9-10-1-3-11(4-2-10)14-7-5-13-6-8-14/h1-4,13H,5-9H2. The molecule has 14 heavy (non-hydrogen) atoms. The van der Waals surface area contributed by atoms with Gasteiger partial charge in [0, 0.05) is 31.9 Å². The average Bonchev–Trinajstić information content (AvgIpc) is 2.30. The summed E-state index contributed by atoms with van der Waals surface area (Å²) in [6.45, 7) is 3.77. The van der Waals surface area contributed by atoms with Crippen molar-refractivity contribution in [1.82, 2.24) is 5.32 Å². The molecule has 2 rings (SSSR count). The van der Waals surface area contributed by atoms with Crippen LogP contribution >= 0.6 is 0 Å². The van der Waals surface area contributed by atoms with Crippen LogP contribution < -0.4 is 10.2 Å². The summed E-state index contributed by atoms with van der Waals surface area (Å²) in [6, 6.07) is 7.72. The highest BCUT2D eigenvalue weighted by atomic mass is 19.1. The molecular formula is C11H15FN2. The van der Waals surface area contributed by atoms with Crippen molar-refractivity contribution in [3.05, 3.63) is 29.8 Å². The number of benzene rings is 1. The van der Waals surface area contributed by atoms with Crippen LogP contribution in [0.4, 0.5) is 10.1 Å². The van der Waals surface area contributed by atoms with Crippen molar-refractivity contribution in [3.8, 4) is 0 Å². The summed E-state index contributed by atoms with van der Waals surface area (Å²) in [5.74, 6) is 0. The van der Waals surface area contributed by atoms with Crippen LogP contribution in [0, 0.1) is 0 Å². The monoisotopic (exact) mass is 194 g/mol. The lowest BCUT2D eigenvalue weighted by molar-refractivity contribution is 0.485. The molecule has 1 heterocycles. The highest BCUT2D eigenvalue weighted by Gasteiger charge is 2.09. The number of alkyl halides is 1. The van der Waals surface area contributed by atoms with Crippen LogP contribution in [0.15, 0.2) is 24.3 Å². The maximum absolute atomic E-state index is 12.3. The topological polar surface area (TPSA) is 15.3 Å². The molecule has 2 nitrogen and oxygen atoms in total. The molecule has 3 heteroatoms. The second-order valence-electron chi connectivity index (χ2n) is 3.54. The van der Waals surface area contributed by atoms with Crippen molar-refractivity contribution in [2.75, 3.05) is 31.1 Å². The zero-order chi connectivity index (χ0) is 9.80. The van der Waals surface area contributed by atoms with Gasteiger partial charge in [-0.15, -0.1) is 0 Å². The Morgan fingerprint density at radius 2 is 1.79 bits per heavy atom. The fourth-order valence-corrected chi connectivity index (χ4v) is 1.72. The number of nitrogens with zero attached hydrogens (tertiary/aromatic N) is 1. The first kappa shape index (κ1) is 9.46. The molecular weight excluding hydrogens is 179 g/mol. The van der Waals surface area contributed by atoms with Crippen molar-refractivity contribution in [1.29, 1.82) is 0 Å². The molecule has 1 aliphatic heterocycles. The van der Waals surface area contributed by atoms with Crippen LogP contribution in [0.1, 0.15) is 5.56 Å². The number of rotatable bonds is 2. The van der Waals surface area contributed by atoms with E-state index >= 15 is 0 Å². The Morgan fingerprint density at radius 3 is 2.36 bits per heavy atom. The summed E-state index contributed by atoms with van der Waals surface area (Å²) in [7, 11) is 0. The minimum atomic E-state index is -0.373. The van der Waals surface area contributed by atoms with Gasteiger partial charge >= 0.3 is 0 Å². The maximum atomic E-state index is 12.3. The zero-order valence-electron chi connectivity index (χ0n) is 8.17. The molecule has 1 aromatic rings. The van der Waals surface area contributed by atoms with Crippen LogP contribution in [-0.2, 0) is 6.67 Å². The first-order valence-electron chi connectivity index (χ1n) is 5.01. The molecule has 0 unspecified atom stereocenters. The molecule has 0 saturated carbocycles. The molecule has 1 aliphatic rings. The largest absolute Gasteiger partial charge is 0.369 e. The number of hydrogen-bond donors (Lipinski definition) is 1. The van der Waals surface area contributed by atoms with Gasteiger partial charge < -0.3 is 10.2 Å². The second-order valence-corrected chi connectivity index (χ2v) is 3.54. The lowest BCUT2D eigenvalue weighted by Crippen LogP contribution is -2.43. The zero-order valence-corrected chi connectivity index (χ0v) is 8.17. The molecule has 0 radical (unpaired) electrons. The molecule has 0 aromatic heterocycles. The van der Waals surface area contributed by atoms with Crippen LogP contribution in [0.25, 0.3) is 0 Å². The van der Waals surface area contributed by atoms with Crippen molar-refractivity contribution in [3.63, 3.8) is 0 Å². The van der Waals surface area contributed by atoms with Gasteiger partial charge in [-0.05, 0) is 17.7 Å². The van der Waals surface area contributed by atoms with E-state index in [0.717, 1.165) is 31.7 Å². The molecule has 0 aliphatic carbocycles. The van der Waals surface area contributed by atoms with Gasteiger partial charge in [-0.3, -0.25) is 0 Å². The third kappa shape index (κ3) is 2.04. The third-order valence-electron chi connectivity index (χ3n) is 2.57. The Balaban J connectivity index is 2.07. The number of nitrogens with one attached hydrogen (secondary N) is 1. The van der Waals surface area contributed by atoms with Gasteiger partial charge in [-0.2, -0.15) is 0 Å². The van der Waals surface area contributed by atoms with Crippen molar-refractivity contribution >= 4 is 5.69 Å². The van der Waals surface area contributed by atoms with Crippen molar-refractivity contribution in [2.24, 2.45) is 0 Å². The van der Waals surface area contributed by atoms with Crippen LogP contribution in [0.5, 0.6) is 0 Å². The second kappa shape index (κ2) is 4.42. The van der Waals surface area contributed by atoms with Crippen molar-refractivity contribution in [2.45, 2.75) is 6.67 Å². The average molecular weight is 194 g/mol. The lowest BCUT2D eigenvalue weighted by atomic mass is 10.2. The van der Waals surface area contributed by atoms with E-state index in [9.17, 15) is 4.39 Å². The molecule has 0 bridgehead atoms. The van der Waals surface area contributed by atoms with E-state index in [2.05, 4.69) is 10.2 Å². The summed E-state index contributed by atoms with van der Waals surface area (Å²) in [4.78, 5) is 2.32. The van der Waals surface area contributed by atoms with E-state index in [-0.39, 0.29) is 6.67 Å². The third-order valence-corrected chi connectivity index (χ3v) is 2.57. The normalized spacial score (nSPS) is 17.1. The van der Waals surface area contributed by atoms with Crippen LogP contribution in [-0.4, -0.2) is 26.2 Å². The quantitative estimate of drug-likeness (QED) is 0.768. The first-order chi connectivity index (χ1) is 6.90. The summed E-state index contributed by atoms with van der Waals surface area (Å²) >= 11 is 0. The summed E-state index contributed by atoms with van der Waals surface area (Å²) in [5, 5.41) is 3.31. The Hall–Kier alpha value is -1.09. The Labute approximate surface area is 83.7 Å². The van der Waals surface area contributed by atoms with E-state index in [1.54, 1.807) is 0 Å². The molecule has 0 spiro atoms. The number of halogens is 1. The number of hydrogen-bond acceptors (Lipinski definition) is 2. The van der Waals surface area contributed by atoms with Crippen LogP contribution in [0.3, 0.4) is 0 Å². The fourth-order valence-electron chi connectivity index (χ4n) is 1.72. The molecule has 1 N–H and O–H groups in total. The summed E-state index contributed by atoms with van der Waals surface area (Å²) < 4.78 is 12.3. The van der Waals surface area contributed by atoms with Gasteiger partial charge in [0.2, 0.25) is 0 Å².